The molecule has 0 radical (unpaired) electrons. The van der Waals surface area contributed by atoms with Gasteiger partial charge in [-0.15, -0.1) is 0 Å². The van der Waals surface area contributed by atoms with E-state index in [1.165, 1.54) is 29.1 Å². The van der Waals surface area contributed by atoms with E-state index >= 15 is 0 Å². The highest BCUT2D eigenvalue weighted by atomic mass is 35.5. The fraction of sp³-hybridized carbons (Fsp3) is 0.263. The molecule has 0 saturated heterocycles. The Kier molecular flexibility index (Phi) is 6.16. The predicted molar refractivity (Wildman–Crippen MR) is 106 cm³/mol. The van der Waals surface area contributed by atoms with Gasteiger partial charge in [-0.1, -0.05) is 29.8 Å². The molecule has 0 unspecified atom stereocenters. The second kappa shape index (κ2) is 8.33. The zero-order valence-electron chi connectivity index (χ0n) is 15.6. The number of alkyl halides is 3. The van der Waals surface area contributed by atoms with E-state index in [1.54, 1.807) is 7.05 Å². The van der Waals surface area contributed by atoms with Crippen molar-refractivity contribution < 1.29 is 22.4 Å². The minimum absolute atomic E-state index is 0.00949. The highest BCUT2D eigenvalue weighted by molar-refractivity contribution is 6.35. The predicted octanol–water partition coefficient (Wildman–Crippen LogP) is 4.39. The number of hydrogen-bond donors (Lipinski definition) is 2. The summed E-state index contributed by atoms with van der Waals surface area (Å²) in [6.07, 6.45) is -3.32. The molecule has 30 heavy (non-hydrogen) atoms. The number of benzene rings is 1. The number of hydrogen-bond acceptors (Lipinski definition) is 4. The Hall–Kier alpha value is -2.49. The number of halogens is 5. The van der Waals surface area contributed by atoms with E-state index in [0.29, 0.717) is 5.69 Å². The number of aromatic nitrogens is 2. The first-order valence-corrected chi connectivity index (χ1v) is 9.46. The second-order valence-electron chi connectivity index (χ2n) is 6.61. The van der Waals surface area contributed by atoms with Gasteiger partial charge in [0.05, 0.1) is 28.0 Å². The molecule has 0 aliphatic carbocycles. The molecule has 4 N–H and O–H groups in total. The van der Waals surface area contributed by atoms with Gasteiger partial charge in [-0.05, 0) is 36.2 Å². The quantitative estimate of drug-likeness (QED) is 0.569. The van der Waals surface area contributed by atoms with Crippen molar-refractivity contribution in [2.45, 2.75) is 18.5 Å². The molecule has 0 fully saturated rings. The van der Waals surface area contributed by atoms with E-state index in [2.05, 4.69) is 5.10 Å². The van der Waals surface area contributed by atoms with E-state index in [-0.39, 0.29) is 45.7 Å². The second-order valence-corrected chi connectivity index (χ2v) is 7.36. The van der Waals surface area contributed by atoms with Crippen LogP contribution in [0.25, 0.3) is 11.3 Å². The Labute approximate surface area is 179 Å². The van der Waals surface area contributed by atoms with E-state index in [1.807, 2.05) is 0 Å². The van der Waals surface area contributed by atoms with Crippen molar-refractivity contribution in [1.29, 1.82) is 0 Å². The molecule has 6 nitrogen and oxygen atoms in total. The van der Waals surface area contributed by atoms with Gasteiger partial charge in [0.25, 0.3) is 5.91 Å². The molecule has 1 aromatic carbocycles. The molecule has 2 heterocycles. The maximum absolute atomic E-state index is 13.5. The van der Waals surface area contributed by atoms with E-state index in [9.17, 15) is 18.0 Å². The number of nitrogens with two attached hydrogens (primary N) is 2. The lowest BCUT2D eigenvalue weighted by Gasteiger charge is -2.20. The standard InChI is InChI=1S/C19H17Cl2F3N4O2/c1-28-15(12(20)8-27-28)14-13(16(18(26)29)30-17(14)21)10(7-25)6-9-4-2-3-5-11(9)19(22,23)24/h2-5,8,10H,6-7,25H2,1H3,(H2,26,29)/t10-/m1/s1. The Morgan fingerprint density at radius 1 is 1.30 bits per heavy atom. The third-order valence-electron chi connectivity index (χ3n) is 4.74. The largest absolute Gasteiger partial charge is 0.438 e. The fourth-order valence-electron chi connectivity index (χ4n) is 3.44. The van der Waals surface area contributed by atoms with Gasteiger partial charge >= 0.3 is 6.18 Å². The average Bonchev–Trinajstić information content (AvgIpc) is 3.18. The Morgan fingerprint density at radius 3 is 2.50 bits per heavy atom. The Morgan fingerprint density at radius 2 is 1.97 bits per heavy atom. The van der Waals surface area contributed by atoms with Crippen LogP contribution in [0.15, 0.2) is 34.9 Å². The average molecular weight is 461 g/mol. The fourth-order valence-corrected chi connectivity index (χ4v) is 3.97. The maximum Gasteiger partial charge on any atom is 0.416 e. The summed E-state index contributed by atoms with van der Waals surface area (Å²) < 4.78 is 47.1. The molecule has 3 aromatic rings. The van der Waals surface area contributed by atoms with Gasteiger partial charge in [-0.2, -0.15) is 18.3 Å². The van der Waals surface area contributed by atoms with Crippen molar-refractivity contribution in [3.05, 3.63) is 63.2 Å². The van der Waals surface area contributed by atoms with Gasteiger partial charge in [-0.25, -0.2) is 0 Å². The number of furan rings is 1. The Balaban J connectivity index is 2.20. The number of aryl methyl sites for hydroxylation is 1. The molecule has 160 valence electrons. The zero-order valence-corrected chi connectivity index (χ0v) is 17.1. The SMILES string of the molecule is Cn1ncc(Cl)c1-c1c(Cl)oc(C(N)=O)c1[C@@H](CN)Cc1ccccc1C(F)(F)F. The van der Waals surface area contributed by atoms with Crippen LogP contribution in [0.3, 0.4) is 0 Å². The van der Waals surface area contributed by atoms with Crippen LogP contribution in [0.5, 0.6) is 0 Å². The van der Waals surface area contributed by atoms with Crippen molar-refractivity contribution in [2.24, 2.45) is 18.5 Å². The van der Waals surface area contributed by atoms with Crippen molar-refractivity contribution in [2.75, 3.05) is 6.54 Å². The smallest absolute Gasteiger partial charge is 0.416 e. The van der Waals surface area contributed by atoms with Crippen molar-refractivity contribution >= 4 is 29.1 Å². The molecule has 3 rings (SSSR count). The van der Waals surface area contributed by atoms with Gasteiger partial charge in [-0.3, -0.25) is 9.48 Å². The van der Waals surface area contributed by atoms with Crippen LogP contribution in [0, 0.1) is 0 Å². The number of primary amides is 1. The first-order chi connectivity index (χ1) is 14.1. The Bertz CT molecular complexity index is 1070. The van der Waals surface area contributed by atoms with Crippen LogP contribution >= 0.6 is 23.2 Å². The molecule has 0 bridgehead atoms. The van der Waals surface area contributed by atoms with Crippen LogP contribution in [-0.2, 0) is 19.6 Å². The summed E-state index contributed by atoms with van der Waals surface area (Å²) in [5.74, 6) is -1.99. The maximum atomic E-state index is 13.5. The van der Waals surface area contributed by atoms with Crippen LogP contribution in [0.2, 0.25) is 10.2 Å². The van der Waals surface area contributed by atoms with Crippen molar-refractivity contribution in [3.63, 3.8) is 0 Å². The first kappa shape index (κ1) is 22.2. The lowest BCUT2D eigenvalue weighted by atomic mass is 9.87. The number of amides is 1. The third-order valence-corrected chi connectivity index (χ3v) is 5.28. The summed E-state index contributed by atoms with van der Waals surface area (Å²) in [6, 6.07) is 5.13. The number of rotatable bonds is 6. The van der Waals surface area contributed by atoms with Crippen molar-refractivity contribution in [1.82, 2.24) is 9.78 Å². The number of nitrogens with zero attached hydrogens (tertiary/aromatic N) is 2. The summed E-state index contributed by atoms with van der Waals surface area (Å²) in [5, 5.41) is 4.06. The zero-order chi connectivity index (χ0) is 22.2. The van der Waals surface area contributed by atoms with E-state index in [4.69, 9.17) is 39.1 Å². The molecule has 11 heteroatoms. The first-order valence-electron chi connectivity index (χ1n) is 8.71. The highest BCUT2D eigenvalue weighted by Crippen LogP contribution is 2.44. The third kappa shape index (κ3) is 4.05. The number of carbonyl (C=O) groups is 1. The molecule has 2 aromatic heterocycles. The molecule has 1 atom stereocenters. The van der Waals surface area contributed by atoms with Gasteiger partial charge in [0.2, 0.25) is 5.22 Å². The summed E-state index contributed by atoms with van der Waals surface area (Å²) >= 11 is 12.5. The van der Waals surface area contributed by atoms with Gasteiger partial charge in [0.1, 0.15) is 0 Å². The van der Waals surface area contributed by atoms with Crippen molar-refractivity contribution in [3.8, 4) is 11.3 Å². The molecule has 0 aliphatic rings. The lowest BCUT2D eigenvalue weighted by molar-refractivity contribution is -0.138. The normalized spacial score (nSPS) is 12.9. The van der Waals surface area contributed by atoms with E-state index in [0.717, 1.165) is 6.07 Å². The minimum Gasteiger partial charge on any atom is -0.438 e. The van der Waals surface area contributed by atoms with Crippen LogP contribution in [-0.4, -0.2) is 22.2 Å². The molecule has 0 saturated carbocycles. The topological polar surface area (TPSA) is 100 Å². The molecular weight excluding hydrogens is 444 g/mol. The molecule has 1 amide bonds. The summed E-state index contributed by atoms with van der Waals surface area (Å²) in [7, 11) is 1.59. The summed E-state index contributed by atoms with van der Waals surface area (Å²) in [6.45, 7) is -0.106. The number of carbonyl (C=O) groups excluding carboxylic acids is 1. The van der Waals surface area contributed by atoms with Crippen LogP contribution in [0.4, 0.5) is 13.2 Å². The summed E-state index contributed by atoms with van der Waals surface area (Å²) in [5.41, 5.74) is 11.3. The minimum atomic E-state index is -4.55. The molecule has 0 spiro atoms. The molecule has 0 aliphatic heterocycles. The van der Waals surface area contributed by atoms with Gasteiger partial charge in [0, 0.05) is 18.5 Å². The van der Waals surface area contributed by atoms with E-state index < -0.39 is 23.6 Å². The van der Waals surface area contributed by atoms with Gasteiger partial charge in [0.15, 0.2) is 5.76 Å². The van der Waals surface area contributed by atoms with Crippen LogP contribution in [0.1, 0.15) is 33.2 Å². The molecular formula is C19H17Cl2F3N4O2. The lowest BCUT2D eigenvalue weighted by Crippen LogP contribution is -2.22. The summed E-state index contributed by atoms with van der Waals surface area (Å²) in [4.78, 5) is 12.0. The monoisotopic (exact) mass is 460 g/mol. The van der Waals surface area contributed by atoms with Crippen LogP contribution < -0.4 is 11.5 Å². The highest BCUT2D eigenvalue weighted by Gasteiger charge is 2.36. The van der Waals surface area contributed by atoms with Gasteiger partial charge < -0.3 is 15.9 Å².